The lowest BCUT2D eigenvalue weighted by atomic mass is 10.1. The number of hydrogen-bond acceptors (Lipinski definition) is 4. The molecule has 0 aliphatic heterocycles. The molecule has 2 aromatic carbocycles. The average Bonchev–Trinajstić information content (AvgIpc) is 2.58. The van der Waals surface area contributed by atoms with Crippen LogP contribution in [0.25, 0.3) is 0 Å². The van der Waals surface area contributed by atoms with Crippen molar-refractivity contribution >= 4 is 17.4 Å². The molecule has 0 aliphatic carbocycles. The van der Waals surface area contributed by atoms with Gasteiger partial charge in [-0.2, -0.15) is 0 Å². The summed E-state index contributed by atoms with van der Waals surface area (Å²) in [5, 5.41) is 2.36. The third-order valence-corrected chi connectivity index (χ3v) is 3.43. The van der Waals surface area contributed by atoms with E-state index >= 15 is 0 Å². The first kappa shape index (κ1) is 18.4. The highest BCUT2D eigenvalue weighted by molar-refractivity contribution is 6.00. The number of hydrogen-bond donors (Lipinski definition) is 1. The van der Waals surface area contributed by atoms with Crippen molar-refractivity contribution in [3.8, 4) is 11.5 Å². The van der Waals surface area contributed by atoms with Crippen molar-refractivity contribution in [2.24, 2.45) is 0 Å². The average molecular weight is 349 g/mol. The Hall–Kier alpha value is -2.96. The molecular formula is C18H17F2NO4. The predicted octanol–water partition coefficient (Wildman–Crippen LogP) is 3.58. The third-order valence-electron chi connectivity index (χ3n) is 3.43. The van der Waals surface area contributed by atoms with Crippen LogP contribution >= 0.6 is 0 Å². The molecular weight excluding hydrogens is 332 g/mol. The Balaban J connectivity index is 1.96. The van der Waals surface area contributed by atoms with Gasteiger partial charge in [-0.15, -0.1) is 0 Å². The van der Waals surface area contributed by atoms with E-state index in [-0.39, 0.29) is 24.3 Å². The van der Waals surface area contributed by atoms with E-state index < -0.39 is 17.5 Å². The second kappa shape index (κ2) is 8.23. The minimum absolute atomic E-state index is 0.000987. The summed E-state index contributed by atoms with van der Waals surface area (Å²) in [5.41, 5.74) is 0.378. The summed E-state index contributed by atoms with van der Waals surface area (Å²) in [6.07, 6.45) is -0.176. The number of carbonyl (C=O) groups is 2. The molecule has 0 aromatic heterocycles. The summed E-state index contributed by atoms with van der Waals surface area (Å²) in [4.78, 5) is 24.0. The first-order chi connectivity index (χ1) is 11.9. The largest absolute Gasteiger partial charge is 0.493 e. The summed E-state index contributed by atoms with van der Waals surface area (Å²) < 4.78 is 36.4. The summed E-state index contributed by atoms with van der Waals surface area (Å²) in [7, 11) is 2.94. The van der Waals surface area contributed by atoms with Crippen molar-refractivity contribution in [3.63, 3.8) is 0 Å². The SMILES string of the molecule is COc1ccc(C(=O)CCC(=O)Nc2cc(F)cc(F)c2)cc1OC. The van der Waals surface area contributed by atoms with Gasteiger partial charge in [0.25, 0.3) is 0 Å². The molecule has 7 heteroatoms. The van der Waals surface area contributed by atoms with Gasteiger partial charge in [0.2, 0.25) is 5.91 Å². The fraction of sp³-hybridized carbons (Fsp3) is 0.222. The number of rotatable bonds is 7. The number of nitrogens with one attached hydrogen (secondary N) is 1. The molecule has 25 heavy (non-hydrogen) atoms. The minimum Gasteiger partial charge on any atom is -0.493 e. The molecule has 132 valence electrons. The van der Waals surface area contributed by atoms with E-state index in [1.165, 1.54) is 20.3 Å². The molecule has 1 N–H and O–H groups in total. The number of benzene rings is 2. The van der Waals surface area contributed by atoms with Gasteiger partial charge in [-0.3, -0.25) is 9.59 Å². The molecule has 0 bridgehead atoms. The lowest BCUT2D eigenvalue weighted by Crippen LogP contribution is -2.14. The molecule has 1 amide bonds. The summed E-state index contributed by atoms with van der Waals surface area (Å²) in [5.74, 6) is -1.47. The van der Waals surface area contributed by atoms with Gasteiger partial charge in [0, 0.05) is 30.2 Å². The van der Waals surface area contributed by atoms with E-state index in [0.717, 1.165) is 12.1 Å². The van der Waals surface area contributed by atoms with Crippen molar-refractivity contribution < 1.29 is 27.8 Å². The van der Waals surface area contributed by atoms with E-state index in [1.807, 2.05) is 0 Å². The first-order valence-corrected chi connectivity index (χ1v) is 7.44. The van der Waals surface area contributed by atoms with E-state index in [9.17, 15) is 18.4 Å². The van der Waals surface area contributed by atoms with Crippen LogP contribution in [-0.2, 0) is 4.79 Å². The normalized spacial score (nSPS) is 10.2. The summed E-state index contributed by atoms with van der Waals surface area (Å²) in [6.45, 7) is 0. The van der Waals surface area contributed by atoms with E-state index in [1.54, 1.807) is 12.1 Å². The predicted molar refractivity (Wildman–Crippen MR) is 88.1 cm³/mol. The van der Waals surface area contributed by atoms with E-state index in [2.05, 4.69) is 5.32 Å². The number of carbonyl (C=O) groups excluding carboxylic acids is 2. The van der Waals surface area contributed by atoms with Gasteiger partial charge in [0.15, 0.2) is 17.3 Å². The number of ether oxygens (including phenoxy) is 2. The highest BCUT2D eigenvalue weighted by Crippen LogP contribution is 2.28. The summed E-state index contributed by atoms with van der Waals surface area (Å²) in [6, 6.07) is 7.40. The number of ketones is 1. The van der Waals surface area contributed by atoms with Crippen molar-refractivity contribution in [1.29, 1.82) is 0 Å². The Morgan fingerprint density at radius 3 is 2.16 bits per heavy atom. The maximum atomic E-state index is 13.1. The van der Waals surface area contributed by atoms with Gasteiger partial charge >= 0.3 is 0 Å². The van der Waals surface area contributed by atoms with Crippen LogP contribution in [0.3, 0.4) is 0 Å². The fourth-order valence-corrected chi connectivity index (χ4v) is 2.23. The smallest absolute Gasteiger partial charge is 0.224 e. The van der Waals surface area contributed by atoms with Crippen molar-refractivity contribution in [3.05, 3.63) is 53.6 Å². The zero-order valence-electron chi connectivity index (χ0n) is 13.8. The van der Waals surface area contributed by atoms with Gasteiger partial charge in [-0.25, -0.2) is 8.78 Å². The van der Waals surface area contributed by atoms with Gasteiger partial charge in [-0.1, -0.05) is 0 Å². The Bertz CT molecular complexity index is 772. The van der Waals surface area contributed by atoms with Crippen LogP contribution in [0.1, 0.15) is 23.2 Å². The quantitative estimate of drug-likeness (QED) is 0.776. The Labute approximate surface area is 143 Å². The Morgan fingerprint density at radius 1 is 0.920 bits per heavy atom. The third kappa shape index (κ3) is 5.00. The molecule has 0 spiro atoms. The number of methoxy groups -OCH3 is 2. The minimum atomic E-state index is -0.795. The number of halogens is 2. The lowest BCUT2D eigenvalue weighted by Gasteiger charge is -2.09. The Morgan fingerprint density at radius 2 is 1.56 bits per heavy atom. The summed E-state index contributed by atoms with van der Waals surface area (Å²) >= 11 is 0. The molecule has 0 atom stereocenters. The van der Waals surface area contributed by atoms with Crippen LogP contribution < -0.4 is 14.8 Å². The van der Waals surface area contributed by atoms with E-state index in [0.29, 0.717) is 23.1 Å². The van der Waals surface area contributed by atoms with Crippen molar-refractivity contribution in [2.75, 3.05) is 19.5 Å². The van der Waals surface area contributed by atoms with Crippen molar-refractivity contribution in [1.82, 2.24) is 0 Å². The fourth-order valence-electron chi connectivity index (χ4n) is 2.23. The number of Topliss-reactive ketones (excluding diaryl/α,β-unsaturated/α-hetero) is 1. The topological polar surface area (TPSA) is 64.6 Å². The first-order valence-electron chi connectivity index (χ1n) is 7.44. The van der Waals surface area contributed by atoms with Crippen molar-refractivity contribution in [2.45, 2.75) is 12.8 Å². The van der Waals surface area contributed by atoms with Gasteiger partial charge < -0.3 is 14.8 Å². The highest BCUT2D eigenvalue weighted by Gasteiger charge is 2.13. The maximum absolute atomic E-state index is 13.1. The molecule has 0 radical (unpaired) electrons. The maximum Gasteiger partial charge on any atom is 0.224 e. The van der Waals surface area contributed by atoms with Gasteiger partial charge in [-0.05, 0) is 30.3 Å². The number of amides is 1. The molecule has 0 fully saturated rings. The van der Waals surface area contributed by atoms with Crippen LogP contribution in [0.2, 0.25) is 0 Å². The van der Waals surface area contributed by atoms with Gasteiger partial charge in [0.1, 0.15) is 11.6 Å². The van der Waals surface area contributed by atoms with Crippen LogP contribution in [-0.4, -0.2) is 25.9 Å². The van der Waals surface area contributed by atoms with Gasteiger partial charge in [0.05, 0.1) is 14.2 Å². The second-order valence-electron chi connectivity index (χ2n) is 5.20. The second-order valence-corrected chi connectivity index (χ2v) is 5.20. The number of anilines is 1. The van der Waals surface area contributed by atoms with E-state index in [4.69, 9.17) is 9.47 Å². The molecule has 0 heterocycles. The standard InChI is InChI=1S/C18H17F2NO4/c1-24-16-5-3-11(7-17(16)25-2)15(22)4-6-18(23)21-14-9-12(19)8-13(20)10-14/h3,5,7-10H,4,6H2,1-2H3,(H,21,23). The highest BCUT2D eigenvalue weighted by atomic mass is 19.1. The molecule has 0 aliphatic rings. The molecule has 0 saturated heterocycles. The lowest BCUT2D eigenvalue weighted by molar-refractivity contribution is -0.116. The van der Waals surface area contributed by atoms with Crippen LogP contribution in [0.15, 0.2) is 36.4 Å². The molecule has 2 rings (SSSR count). The van der Waals surface area contributed by atoms with Crippen LogP contribution in [0.4, 0.5) is 14.5 Å². The monoisotopic (exact) mass is 349 g/mol. The molecule has 5 nitrogen and oxygen atoms in total. The van der Waals surface area contributed by atoms with Crippen LogP contribution in [0, 0.1) is 11.6 Å². The molecule has 0 saturated carbocycles. The zero-order chi connectivity index (χ0) is 18.4. The molecule has 2 aromatic rings. The zero-order valence-corrected chi connectivity index (χ0v) is 13.8. The van der Waals surface area contributed by atoms with Crippen LogP contribution in [0.5, 0.6) is 11.5 Å². The Kier molecular flexibility index (Phi) is 6.05. The molecule has 0 unspecified atom stereocenters.